The second kappa shape index (κ2) is 5.50. The molecule has 0 aliphatic carbocycles. The highest BCUT2D eigenvalue weighted by atomic mass is 79.9. The van der Waals surface area contributed by atoms with Crippen molar-refractivity contribution in [2.75, 3.05) is 0 Å². The summed E-state index contributed by atoms with van der Waals surface area (Å²) in [6.45, 7) is 4.41. The molecule has 3 heteroatoms. The van der Waals surface area contributed by atoms with Crippen molar-refractivity contribution in [1.82, 2.24) is 9.78 Å². The van der Waals surface area contributed by atoms with Crippen molar-refractivity contribution in [3.05, 3.63) is 41.1 Å². The summed E-state index contributed by atoms with van der Waals surface area (Å²) < 4.78 is 3.18. The van der Waals surface area contributed by atoms with Crippen molar-refractivity contribution in [2.45, 2.75) is 32.7 Å². The third-order valence-electron chi connectivity index (χ3n) is 3.08. The average molecular weight is 293 g/mol. The Balaban J connectivity index is 2.29. The molecule has 0 aliphatic heterocycles. The number of halogens is 1. The van der Waals surface area contributed by atoms with Crippen LogP contribution in [0.3, 0.4) is 0 Å². The molecule has 0 amide bonds. The van der Waals surface area contributed by atoms with Gasteiger partial charge in [-0.2, -0.15) is 5.10 Å². The van der Waals surface area contributed by atoms with Gasteiger partial charge in [0.25, 0.3) is 0 Å². The van der Waals surface area contributed by atoms with Gasteiger partial charge in [-0.05, 0) is 30.5 Å². The predicted molar refractivity (Wildman–Crippen MR) is 75.0 cm³/mol. The van der Waals surface area contributed by atoms with Crippen molar-refractivity contribution in [3.63, 3.8) is 0 Å². The molecule has 0 bridgehead atoms. The number of rotatable bonds is 4. The van der Waals surface area contributed by atoms with Crippen molar-refractivity contribution in [1.29, 1.82) is 0 Å². The fourth-order valence-electron chi connectivity index (χ4n) is 2.02. The van der Waals surface area contributed by atoms with Gasteiger partial charge in [-0.15, -0.1) is 0 Å². The molecule has 2 rings (SSSR count). The van der Waals surface area contributed by atoms with Crippen LogP contribution in [0.5, 0.6) is 0 Å². The number of benzene rings is 1. The SMILES string of the molecule is CCC(CC)n1cc(-c2cccc(Br)c2)cn1. The minimum Gasteiger partial charge on any atom is -0.269 e. The number of hydrogen-bond acceptors (Lipinski definition) is 1. The van der Waals surface area contributed by atoms with E-state index in [2.05, 4.69) is 57.9 Å². The Morgan fingerprint density at radius 2 is 2.00 bits per heavy atom. The molecule has 2 nitrogen and oxygen atoms in total. The van der Waals surface area contributed by atoms with Gasteiger partial charge in [-0.1, -0.05) is 41.9 Å². The zero-order chi connectivity index (χ0) is 12.3. The van der Waals surface area contributed by atoms with E-state index in [9.17, 15) is 0 Å². The highest BCUT2D eigenvalue weighted by molar-refractivity contribution is 9.10. The summed E-state index contributed by atoms with van der Waals surface area (Å²) in [4.78, 5) is 0. The molecular weight excluding hydrogens is 276 g/mol. The van der Waals surface area contributed by atoms with E-state index >= 15 is 0 Å². The summed E-state index contributed by atoms with van der Waals surface area (Å²) in [6, 6.07) is 8.83. The molecule has 0 saturated heterocycles. The quantitative estimate of drug-likeness (QED) is 0.800. The van der Waals surface area contributed by atoms with Crippen LogP contribution in [0.1, 0.15) is 32.7 Å². The molecule has 1 heterocycles. The summed E-state index contributed by atoms with van der Waals surface area (Å²) in [5.41, 5.74) is 2.38. The van der Waals surface area contributed by atoms with Gasteiger partial charge in [0.05, 0.1) is 12.2 Å². The van der Waals surface area contributed by atoms with E-state index in [-0.39, 0.29) is 0 Å². The highest BCUT2D eigenvalue weighted by Gasteiger charge is 2.08. The van der Waals surface area contributed by atoms with E-state index < -0.39 is 0 Å². The Labute approximate surface area is 111 Å². The third kappa shape index (κ3) is 2.78. The smallest absolute Gasteiger partial charge is 0.0568 e. The largest absolute Gasteiger partial charge is 0.269 e. The molecule has 0 atom stereocenters. The summed E-state index contributed by atoms with van der Waals surface area (Å²) in [5.74, 6) is 0. The van der Waals surface area contributed by atoms with Gasteiger partial charge in [0.2, 0.25) is 0 Å². The molecule has 1 aromatic heterocycles. The maximum Gasteiger partial charge on any atom is 0.0568 e. The normalized spacial score (nSPS) is 11.1. The van der Waals surface area contributed by atoms with Crippen LogP contribution in [0.25, 0.3) is 11.1 Å². The molecule has 0 spiro atoms. The molecule has 1 aromatic carbocycles. The van der Waals surface area contributed by atoms with E-state index in [0.717, 1.165) is 17.3 Å². The average Bonchev–Trinajstić information content (AvgIpc) is 2.80. The summed E-state index contributed by atoms with van der Waals surface area (Å²) in [6.07, 6.45) is 6.33. The lowest BCUT2D eigenvalue weighted by Gasteiger charge is -2.12. The summed E-state index contributed by atoms with van der Waals surface area (Å²) in [5, 5.41) is 4.47. The molecule has 0 N–H and O–H groups in total. The van der Waals surface area contributed by atoms with Crippen molar-refractivity contribution in [3.8, 4) is 11.1 Å². The van der Waals surface area contributed by atoms with Crippen LogP contribution >= 0.6 is 15.9 Å². The summed E-state index contributed by atoms with van der Waals surface area (Å²) in [7, 11) is 0. The van der Waals surface area contributed by atoms with Crippen LogP contribution in [-0.4, -0.2) is 9.78 Å². The molecule has 90 valence electrons. The number of aromatic nitrogens is 2. The van der Waals surface area contributed by atoms with E-state index in [0.29, 0.717) is 6.04 Å². The van der Waals surface area contributed by atoms with E-state index in [1.54, 1.807) is 0 Å². The molecular formula is C14H17BrN2. The zero-order valence-electron chi connectivity index (χ0n) is 10.2. The molecule has 2 aromatic rings. The Hall–Kier alpha value is -1.09. The van der Waals surface area contributed by atoms with Gasteiger partial charge in [-0.3, -0.25) is 4.68 Å². The van der Waals surface area contributed by atoms with Gasteiger partial charge in [-0.25, -0.2) is 0 Å². The third-order valence-corrected chi connectivity index (χ3v) is 3.57. The van der Waals surface area contributed by atoms with E-state index in [1.165, 1.54) is 11.1 Å². The second-order valence-electron chi connectivity index (χ2n) is 4.19. The van der Waals surface area contributed by atoms with Crippen LogP contribution in [0, 0.1) is 0 Å². The van der Waals surface area contributed by atoms with Crippen LogP contribution in [0.2, 0.25) is 0 Å². The fourth-order valence-corrected chi connectivity index (χ4v) is 2.42. The van der Waals surface area contributed by atoms with Crippen LogP contribution in [-0.2, 0) is 0 Å². The van der Waals surface area contributed by atoms with Crippen molar-refractivity contribution >= 4 is 15.9 Å². The minimum absolute atomic E-state index is 0.510. The first-order chi connectivity index (χ1) is 8.24. The molecule has 0 fully saturated rings. The Kier molecular flexibility index (Phi) is 4.00. The first kappa shape index (κ1) is 12.4. The number of hydrogen-bond donors (Lipinski definition) is 0. The highest BCUT2D eigenvalue weighted by Crippen LogP contribution is 2.24. The van der Waals surface area contributed by atoms with Gasteiger partial charge in [0.15, 0.2) is 0 Å². The second-order valence-corrected chi connectivity index (χ2v) is 5.11. The lowest BCUT2D eigenvalue weighted by atomic mass is 10.1. The van der Waals surface area contributed by atoms with E-state index in [4.69, 9.17) is 0 Å². The standard InChI is InChI=1S/C14H17BrN2/c1-3-14(4-2)17-10-12(9-16-17)11-6-5-7-13(15)8-11/h5-10,14H,3-4H2,1-2H3. The van der Waals surface area contributed by atoms with Crippen molar-refractivity contribution < 1.29 is 0 Å². The van der Waals surface area contributed by atoms with E-state index in [1.807, 2.05) is 18.3 Å². The molecule has 0 aliphatic rings. The van der Waals surface area contributed by atoms with Crippen LogP contribution < -0.4 is 0 Å². The van der Waals surface area contributed by atoms with Gasteiger partial charge >= 0.3 is 0 Å². The Morgan fingerprint density at radius 1 is 1.24 bits per heavy atom. The molecule has 0 unspecified atom stereocenters. The molecule has 0 radical (unpaired) electrons. The van der Waals surface area contributed by atoms with Crippen LogP contribution in [0.15, 0.2) is 41.1 Å². The molecule has 17 heavy (non-hydrogen) atoms. The number of nitrogens with zero attached hydrogens (tertiary/aromatic N) is 2. The van der Waals surface area contributed by atoms with Crippen LogP contribution in [0.4, 0.5) is 0 Å². The Bertz CT molecular complexity index is 486. The maximum absolute atomic E-state index is 4.47. The van der Waals surface area contributed by atoms with Gasteiger partial charge in [0.1, 0.15) is 0 Å². The first-order valence-corrected chi connectivity index (χ1v) is 6.84. The summed E-state index contributed by atoms with van der Waals surface area (Å²) >= 11 is 3.50. The topological polar surface area (TPSA) is 17.8 Å². The first-order valence-electron chi connectivity index (χ1n) is 6.04. The predicted octanol–water partition coefficient (Wildman–Crippen LogP) is 4.67. The zero-order valence-corrected chi connectivity index (χ0v) is 11.8. The lowest BCUT2D eigenvalue weighted by Crippen LogP contribution is -2.06. The maximum atomic E-state index is 4.47. The molecule has 0 saturated carbocycles. The minimum atomic E-state index is 0.510. The Morgan fingerprint density at radius 3 is 2.65 bits per heavy atom. The monoisotopic (exact) mass is 292 g/mol. The van der Waals surface area contributed by atoms with Gasteiger partial charge in [0, 0.05) is 16.2 Å². The lowest BCUT2D eigenvalue weighted by molar-refractivity contribution is 0.428. The van der Waals surface area contributed by atoms with Crippen molar-refractivity contribution in [2.24, 2.45) is 0 Å². The van der Waals surface area contributed by atoms with Gasteiger partial charge < -0.3 is 0 Å². The fraction of sp³-hybridized carbons (Fsp3) is 0.357.